The Morgan fingerprint density at radius 1 is 1.40 bits per heavy atom. The van der Waals surface area contributed by atoms with E-state index in [-0.39, 0.29) is 5.75 Å². The molecule has 0 aliphatic carbocycles. The van der Waals surface area contributed by atoms with E-state index in [4.69, 9.17) is 44.3 Å². The fraction of sp³-hybridized carbons (Fsp3) is 0.444. The highest BCUT2D eigenvalue weighted by atomic mass is 35.6. The minimum absolute atomic E-state index is 0.0876. The third kappa shape index (κ3) is 5.66. The van der Waals surface area contributed by atoms with E-state index in [9.17, 15) is 14.8 Å². The second-order valence-electron chi connectivity index (χ2n) is 6.63. The molecular weight excluding hydrogens is 477 g/mol. The van der Waals surface area contributed by atoms with E-state index in [1.807, 2.05) is 24.3 Å². The third-order valence-electron chi connectivity index (χ3n) is 4.66. The van der Waals surface area contributed by atoms with Crippen LogP contribution in [0.2, 0.25) is 0 Å². The molecule has 1 aliphatic rings. The molecule has 2 atom stereocenters. The van der Waals surface area contributed by atoms with Crippen LogP contribution in [0, 0.1) is 0 Å². The number of para-hydroxylation sites is 1. The summed E-state index contributed by atoms with van der Waals surface area (Å²) in [5.41, 5.74) is 2.75. The van der Waals surface area contributed by atoms with Gasteiger partial charge < -0.3 is 25.0 Å². The summed E-state index contributed by atoms with van der Waals surface area (Å²) >= 11 is 17.6. The molecule has 1 aromatic carbocycles. The lowest BCUT2D eigenvalue weighted by Crippen LogP contribution is -2.49. The molecule has 0 fully saturated rings. The monoisotopic (exact) mass is 495 g/mol. The van der Waals surface area contributed by atoms with Crippen LogP contribution < -0.4 is 5.32 Å². The van der Waals surface area contributed by atoms with E-state index < -0.39 is 33.9 Å². The number of nitrogens with zero attached hydrogens (tertiary/aromatic N) is 1. The fourth-order valence-corrected chi connectivity index (χ4v) is 4.32. The van der Waals surface area contributed by atoms with Gasteiger partial charge in [-0.05, 0) is 29.8 Å². The van der Waals surface area contributed by atoms with Gasteiger partial charge in [0, 0.05) is 28.9 Å². The van der Waals surface area contributed by atoms with Gasteiger partial charge in [-0.2, -0.15) is 5.06 Å². The first-order valence-electron chi connectivity index (χ1n) is 8.95. The van der Waals surface area contributed by atoms with E-state index in [0.717, 1.165) is 39.0 Å². The van der Waals surface area contributed by atoms with Gasteiger partial charge in [-0.25, -0.2) is 9.59 Å². The molecule has 3 rings (SSSR count). The number of carbonyl (C=O) groups is 2. The van der Waals surface area contributed by atoms with Crippen molar-refractivity contribution >= 4 is 68.9 Å². The highest BCUT2D eigenvalue weighted by molar-refractivity contribution is 8.13. The number of hydroxylamine groups is 2. The van der Waals surface area contributed by atoms with E-state index in [1.165, 1.54) is 7.11 Å². The molecule has 1 amide bonds. The van der Waals surface area contributed by atoms with Crippen LogP contribution in [0.25, 0.3) is 10.9 Å². The number of thioether (sulfide) groups is 1. The number of fused-ring (bicyclic) bond motifs is 3. The zero-order valence-electron chi connectivity index (χ0n) is 15.9. The lowest BCUT2D eigenvalue weighted by Gasteiger charge is -2.36. The number of alkyl carbamates (subject to hydrolysis) is 1. The number of rotatable bonds is 5. The number of hydrogen-bond donors (Lipinski definition) is 3. The average Bonchev–Trinajstić information content (AvgIpc) is 3.07. The molecule has 2 heterocycles. The second-order valence-corrected chi connectivity index (χ2v) is 10.1. The van der Waals surface area contributed by atoms with E-state index in [0.29, 0.717) is 13.0 Å². The number of aromatic nitrogens is 1. The minimum atomic E-state index is -1.72. The summed E-state index contributed by atoms with van der Waals surface area (Å²) in [6, 6.07) is 6.49. The van der Waals surface area contributed by atoms with Crippen molar-refractivity contribution in [3.8, 4) is 0 Å². The normalized spacial score (nSPS) is 18.0. The number of nitrogens with one attached hydrogen (secondary N) is 2. The maximum Gasteiger partial charge on any atom is 0.407 e. The molecule has 164 valence electrons. The largest absolute Gasteiger partial charge is 0.453 e. The number of amides is 1. The first-order valence-corrected chi connectivity index (χ1v) is 11.1. The number of methoxy groups -OCH3 is 1. The summed E-state index contributed by atoms with van der Waals surface area (Å²) in [4.78, 5) is 27.3. The van der Waals surface area contributed by atoms with Crippen LogP contribution in [0.3, 0.4) is 0 Å². The Labute approximate surface area is 192 Å². The summed E-state index contributed by atoms with van der Waals surface area (Å²) in [6.07, 6.45) is -0.0534. The molecule has 1 aromatic heterocycles. The Hall–Kier alpha value is -1.36. The van der Waals surface area contributed by atoms with Crippen LogP contribution in [-0.4, -0.2) is 62.5 Å². The van der Waals surface area contributed by atoms with Crippen molar-refractivity contribution in [3.05, 3.63) is 35.5 Å². The highest BCUT2D eigenvalue weighted by Gasteiger charge is 2.37. The van der Waals surface area contributed by atoms with Crippen LogP contribution in [0.1, 0.15) is 17.3 Å². The number of aromatic amines is 1. The molecule has 12 heteroatoms. The van der Waals surface area contributed by atoms with Crippen LogP contribution in [0.5, 0.6) is 0 Å². The Morgan fingerprint density at radius 3 is 2.83 bits per heavy atom. The lowest BCUT2D eigenvalue weighted by molar-refractivity contribution is -0.140. The summed E-state index contributed by atoms with van der Waals surface area (Å²) in [5.74, 6) is 0.0876. The molecule has 0 saturated carbocycles. The van der Waals surface area contributed by atoms with E-state index >= 15 is 0 Å². The molecule has 1 aliphatic heterocycles. The molecule has 2 aromatic rings. The zero-order chi connectivity index (χ0) is 21.9. The summed E-state index contributed by atoms with van der Waals surface area (Å²) in [6.45, 7) is -0.0401. The number of alkyl halides is 3. The average molecular weight is 497 g/mol. The maximum absolute atomic E-state index is 12.0. The van der Waals surface area contributed by atoms with Gasteiger partial charge in [0.25, 0.3) is 0 Å². The van der Waals surface area contributed by atoms with Gasteiger partial charge in [0.2, 0.25) is 3.79 Å². The van der Waals surface area contributed by atoms with Gasteiger partial charge in [-0.3, -0.25) is 0 Å². The van der Waals surface area contributed by atoms with Gasteiger partial charge in [0.1, 0.15) is 6.61 Å². The first-order chi connectivity index (χ1) is 14.2. The Kier molecular flexibility index (Phi) is 7.65. The molecule has 0 radical (unpaired) electrons. The van der Waals surface area contributed by atoms with Crippen molar-refractivity contribution < 1.29 is 24.3 Å². The van der Waals surface area contributed by atoms with Gasteiger partial charge >= 0.3 is 11.4 Å². The van der Waals surface area contributed by atoms with Crippen molar-refractivity contribution in [3.63, 3.8) is 0 Å². The minimum Gasteiger partial charge on any atom is -0.453 e. The van der Waals surface area contributed by atoms with E-state index in [1.54, 1.807) is 0 Å². The van der Waals surface area contributed by atoms with Gasteiger partial charge in [-0.15, -0.1) is 0 Å². The summed E-state index contributed by atoms with van der Waals surface area (Å²) in [5, 5.41) is 14.8. The quantitative estimate of drug-likeness (QED) is 0.416. The number of benzene rings is 1. The molecule has 8 nitrogen and oxygen atoms in total. The molecular formula is C18H20Cl3N3O5S. The standard InChI is InChI=1S/C18H20Cl3N3O5S/c1-28-16(25)23-13(8-30-17(26)29-9-18(19,20)21)15-14-11(6-7-24(15)27)10-4-2-3-5-12(10)22-14/h2-5,13,15,22,27H,6-9H2,1H3,(H,23,25)/t13-,15-/m0/s1. The van der Waals surface area contributed by atoms with Crippen LogP contribution in [-0.2, 0) is 15.9 Å². The fourth-order valence-electron chi connectivity index (χ4n) is 3.43. The van der Waals surface area contributed by atoms with Gasteiger partial charge in [-0.1, -0.05) is 53.0 Å². The van der Waals surface area contributed by atoms with Crippen molar-refractivity contribution in [2.75, 3.05) is 26.0 Å². The predicted octanol–water partition coefficient (Wildman–Crippen LogP) is 4.42. The first kappa shape index (κ1) is 23.3. The molecule has 0 spiro atoms. The van der Waals surface area contributed by atoms with Gasteiger partial charge in [0.15, 0.2) is 0 Å². The Bertz CT molecular complexity index is 920. The highest BCUT2D eigenvalue weighted by Crippen LogP contribution is 2.36. The number of carbonyl (C=O) groups excluding carboxylic acids is 2. The second kappa shape index (κ2) is 9.84. The molecule has 0 unspecified atom stereocenters. The third-order valence-corrected chi connectivity index (χ3v) is 5.87. The SMILES string of the molecule is COC(=O)N[C@@H](CSC(=O)OCC(Cl)(Cl)Cl)[C@H]1c2[nH]c3ccccc3c2CCN1O. The lowest BCUT2D eigenvalue weighted by atomic mass is 9.95. The van der Waals surface area contributed by atoms with Crippen LogP contribution in [0.4, 0.5) is 9.59 Å². The van der Waals surface area contributed by atoms with Gasteiger partial charge in [0.05, 0.1) is 19.2 Å². The predicted molar refractivity (Wildman–Crippen MR) is 117 cm³/mol. The zero-order valence-corrected chi connectivity index (χ0v) is 18.9. The number of halogens is 3. The molecule has 3 N–H and O–H groups in total. The number of H-pyrrole nitrogens is 1. The van der Waals surface area contributed by atoms with Crippen molar-refractivity contribution in [2.45, 2.75) is 22.3 Å². The Morgan fingerprint density at radius 2 is 2.13 bits per heavy atom. The topological polar surface area (TPSA) is 104 Å². The van der Waals surface area contributed by atoms with Crippen molar-refractivity contribution in [1.82, 2.24) is 15.4 Å². The van der Waals surface area contributed by atoms with Crippen LogP contribution >= 0.6 is 46.6 Å². The van der Waals surface area contributed by atoms with Crippen LogP contribution in [0.15, 0.2) is 24.3 Å². The smallest absolute Gasteiger partial charge is 0.407 e. The van der Waals surface area contributed by atoms with E-state index in [2.05, 4.69) is 10.3 Å². The summed E-state index contributed by atoms with van der Waals surface area (Å²) < 4.78 is 7.92. The number of hydrogen-bond acceptors (Lipinski definition) is 7. The van der Waals surface area contributed by atoms with Crippen molar-refractivity contribution in [1.29, 1.82) is 0 Å². The molecule has 30 heavy (non-hydrogen) atoms. The molecule has 0 bridgehead atoms. The van der Waals surface area contributed by atoms with Crippen molar-refractivity contribution in [2.24, 2.45) is 0 Å². The maximum atomic E-state index is 12.0. The Balaban J connectivity index is 1.83. The number of ether oxygens (including phenoxy) is 2. The summed E-state index contributed by atoms with van der Waals surface area (Å²) in [7, 11) is 1.24. The molecule has 0 saturated heterocycles.